The average Bonchev–Trinajstić information content (AvgIpc) is 2.59. The third kappa shape index (κ3) is 4.98. The topological polar surface area (TPSA) is 58.2 Å². The van der Waals surface area contributed by atoms with Gasteiger partial charge in [-0.05, 0) is 37.1 Å². The number of hydrogen-bond donors (Lipinski definition) is 2. The maximum Gasteiger partial charge on any atom is 0.251 e. The van der Waals surface area contributed by atoms with Crippen LogP contribution in [0.15, 0.2) is 48.5 Å². The molecule has 0 saturated heterocycles. The van der Waals surface area contributed by atoms with Gasteiger partial charge in [-0.2, -0.15) is 0 Å². The third-order valence-electron chi connectivity index (χ3n) is 3.50. The summed E-state index contributed by atoms with van der Waals surface area (Å²) in [4.78, 5) is 24.1. The first kappa shape index (κ1) is 18.3. The molecule has 24 heavy (non-hydrogen) atoms. The maximum absolute atomic E-state index is 12.1. The summed E-state index contributed by atoms with van der Waals surface area (Å²) in [5.41, 5.74) is 1.38. The molecule has 2 aromatic rings. The summed E-state index contributed by atoms with van der Waals surface area (Å²) < 4.78 is 0. The molecule has 2 amide bonds. The van der Waals surface area contributed by atoms with Crippen LogP contribution in [0.5, 0.6) is 0 Å². The molecule has 0 aliphatic heterocycles. The molecule has 2 N–H and O–H groups in total. The van der Waals surface area contributed by atoms with Gasteiger partial charge in [0.2, 0.25) is 5.91 Å². The summed E-state index contributed by atoms with van der Waals surface area (Å²) in [5, 5.41) is 6.43. The minimum atomic E-state index is -0.632. The highest BCUT2D eigenvalue weighted by Crippen LogP contribution is 2.25. The van der Waals surface area contributed by atoms with Gasteiger partial charge in [0, 0.05) is 12.1 Å². The first-order valence-electron chi connectivity index (χ1n) is 7.55. The zero-order chi connectivity index (χ0) is 17.5. The first-order valence-corrected chi connectivity index (χ1v) is 8.31. The van der Waals surface area contributed by atoms with Gasteiger partial charge in [-0.15, -0.1) is 0 Å². The Hall–Kier alpha value is -2.04. The van der Waals surface area contributed by atoms with Gasteiger partial charge >= 0.3 is 0 Å². The predicted molar refractivity (Wildman–Crippen MR) is 96.5 cm³/mol. The SMILES string of the molecule is CC(NC(=O)c1ccccc1)C(=O)NCCc1cccc(Cl)c1Cl. The van der Waals surface area contributed by atoms with Crippen LogP contribution in [0.1, 0.15) is 22.8 Å². The largest absolute Gasteiger partial charge is 0.354 e. The van der Waals surface area contributed by atoms with Crippen LogP contribution in [0, 0.1) is 0 Å². The Morgan fingerprint density at radius 3 is 2.46 bits per heavy atom. The Bertz CT molecular complexity index is 720. The van der Waals surface area contributed by atoms with E-state index < -0.39 is 6.04 Å². The van der Waals surface area contributed by atoms with E-state index in [2.05, 4.69) is 10.6 Å². The maximum atomic E-state index is 12.1. The lowest BCUT2D eigenvalue weighted by Crippen LogP contribution is -2.45. The molecular weight excluding hydrogens is 347 g/mol. The standard InChI is InChI=1S/C18H18Cl2N2O2/c1-12(22-18(24)14-6-3-2-4-7-14)17(23)21-11-10-13-8-5-9-15(19)16(13)20/h2-9,12H,10-11H2,1H3,(H,21,23)(H,22,24). The van der Waals surface area contributed by atoms with E-state index in [4.69, 9.17) is 23.2 Å². The van der Waals surface area contributed by atoms with Gasteiger partial charge in [0.05, 0.1) is 10.0 Å². The molecule has 1 atom stereocenters. The molecule has 4 nitrogen and oxygen atoms in total. The fourth-order valence-electron chi connectivity index (χ4n) is 2.15. The predicted octanol–water partition coefficient (Wildman–Crippen LogP) is 3.47. The van der Waals surface area contributed by atoms with Crippen molar-refractivity contribution in [3.63, 3.8) is 0 Å². The summed E-state index contributed by atoms with van der Waals surface area (Å²) in [5.74, 6) is -0.534. The van der Waals surface area contributed by atoms with Gasteiger partial charge in [0.25, 0.3) is 5.91 Å². The number of rotatable bonds is 6. The molecule has 2 aromatic carbocycles. The van der Waals surface area contributed by atoms with Gasteiger partial charge < -0.3 is 10.6 Å². The highest BCUT2D eigenvalue weighted by molar-refractivity contribution is 6.42. The smallest absolute Gasteiger partial charge is 0.251 e. The second-order valence-corrected chi connectivity index (χ2v) is 6.10. The minimum absolute atomic E-state index is 0.252. The van der Waals surface area contributed by atoms with Crippen molar-refractivity contribution in [1.29, 1.82) is 0 Å². The van der Waals surface area contributed by atoms with E-state index in [1.165, 1.54) is 0 Å². The van der Waals surface area contributed by atoms with E-state index in [0.29, 0.717) is 28.6 Å². The van der Waals surface area contributed by atoms with Crippen LogP contribution in [0.2, 0.25) is 10.0 Å². The van der Waals surface area contributed by atoms with Crippen molar-refractivity contribution < 1.29 is 9.59 Å². The molecule has 0 heterocycles. The summed E-state index contributed by atoms with van der Waals surface area (Å²) in [6.45, 7) is 2.05. The highest BCUT2D eigenvalue weighted by Gasteiger charge is 2.16. The minimum Gasteiger partial charge on any atom is -0.354 e. The van der Waals surface area contributed by atoms with Crippen molar-refractivity contribution in [1.82, 2.24) is 10.6 Å². The van der Waals surface area contributed by atoms with Gasteiger partial charge in [0.15, 0.2) is 0 Å². The van der Waals surface area contributed by atoms with Crippen LogP contribution in [-0.2, 0) is 11.2 Å². The Morgan fingerprint density at radius 1 is 1.04 bits per heavy atom. The number of halogens is 2. The van der Waals surface area contributed by atoms with Crippen LogP contribution in [-0.4, -0.2) is 24.4 Å². The highest BCUT2D eigenvalue weighted by atomic mass is 35.5. The van der Waals surface area contributed by atoms with Gasteiger partial charge in [-0.1, -0.05) is 53.5 Å². The molecule has 6 heteroatoms. The average molecular weight is 365 g/mol. The van der Waals surface area contributed by atoms with Crippen molar-refractivity contribution in [3.8, 4) is 0 Å². The molecule has 0 aromatic heterocycles. The lowest BCUT2D eigenvalue weighted by molar-refractivity contribution is -0.122. The molecular formula is C18H18Cl2N2O2. The van der Waals surface area contributed by atoms with Crippen LogP contribution in [0.4, 0.5) is 0 Å². The Labute approximate surface area is 151 Å². The molecule has 0 fully saturated rings. The summed E-state index contributed by atoms with van der Waals surface area (Å²) in [7, 11) is 0. The second-order valence-electron chi connectivity index (χ2n) is 5.32. The van der Waals surface area contributed by atoms with E-state index in [9.17, 15) is 9.59 Å². The first-order chi connectivity index (χ1) is 11.5. The zero-order valence-corrected chi connectivity index (χ0v) is 14.7. The number of hydrogen-bond acceptors (Lipinski definition) is 2. The lowest BCUT2D eigenvalue weighted by atomic mass is 10.1. The van der Waals surface area contributed by atoms with E-state index in [1.807, 2.05) is 18.2 Å². The molecule has 2 rings (SSSR count). The fraction of sp³-hybridized carbons (Fsp3) is 0.222. The summed E-state index contributed by atoms with van der Waals surface area (Å²) >= 11 is 12.1. The van der Waals surface area contributed by atoms with Crippen molar-refractivity contribution in [3.05, 3.63) is 69.7 Å². The van der Waals surface area contributed by atoms with Crippen molar-refractivity contribution in [2.24, 2.45) is 0 Å². The van der Waals surface area contributed by atoms with Gasteiger partial charge in [0.1, 0.15) is 6.04 Å². The number of nitrogens with one attached hydrogen (secondary N) is 2. The quantitative estimate of drug-likeness (QED) is 0.824. The van der Waals surface area contributed by atoms with E-state index in [0.717, 1.165) is 5.56 Å². The summed E-state index contributed by atoms with van der Waals surface area (Å²) in [6.07, 6.45) is 0.560. The van der Waals surface area contributed by atoms with Crippen LogP contribution in [0.3, 0.4) is 0 Å². The third-order valence-corrected chi connectivity index (χ3v) is 4.36. The molecule has 0 saturated carbocycles. The molecule has 0 spiro atoms. The van der Waals surface area contributed by atoms with E-state index in [1.54, 1.807) is 37.3 Å². The van der Waals surface area contributed by atoms with Crippen LogP contribution < -0.4 is 10.6 Å². The van der Waals surface area contributed by atoms with Crippen molar-refractivity contribution >= 4 is 35.0 Å². The number of carbonyl (C=O) groups is 2. The number of carbonyl (C=O) groups excluding carboxylic acids is 2. The Kier molecular flexibility index (Phi) is 6.64. The molecule has 0 bridgehead atoms. The molecule has 0 radical (unpaired) electrons. The molecule has 0 aliphatic rings. The Morgan fingerprint density at radius 2 is 1.75 bits per heavy atom. The second kappa shape index (κ2) is 8.71. The normalized spacial score (nSPS) is 11.6. The molecule has 0 aliphatic carbocycles. The monoisotopic (exact) mass is 364 g/mol. The van der Waals surface area contributed by atoms with Crippen molar-refractivity contribution in [2.45, 2.75) is 19.4 Å². The van der Waals surface area contributed by atoms with E-state index >= 15 is 0 Å². The number of benzene rings is 2. The van der Waals surface area contributed by atoms with Crippen molar-refractivity contribution in [2.75, 3.05) is 6.54 Å². The Balaban J connectivity index is 1.81. The zero-order valence-electron chi connectivity index (χ0n) is 13.2. The molecule has 1 unspecified atom stereocenters. The molecule has 126 valence electrons. The fourth-order valence-corrected chi connectivity index (χ4v) is 2.56. The van der Waals surface area contributed by atoms with Gasteiger partial charge in [-0.25, -0.2) is 0 Å². The van der Waals surface area contributed by atoms with Crippen LogP contribution >= 0.6 is 23.2 Å². The lowest BCUT2D eigenvalue weighted by Gasteiger charge is -2.14. The van der Waals surface area contributed by atoms with E-state index in [-0.39, 0.29) is 11.8 Å². The summed E-state index contributed by atoms with van der Waals surface area (Å²) in [6, 6.07) is 13.5. The van der Waals surface area contributed by atoms with Crippen LogP contribution in [0.25, 0.3) is 0 Å². The number of amides is 2. The van der Waals surface area contributed by atoms with Gasteiger partial charge in [-0.3, -0.25) is 9.59 Å².